The fourth-order valence-electron chi connectivity index (χ4n) is 3.65. The van der Waals surface area contributed by atoms with Gasteiger partial charge >= 0.3 is 11.9 Å². The summed E-state index contributed by atoms with van der Waals surface area (Å²) in [5.41, 5.74) is -2.00. The minimum atomic E-state index is -4.87. The molecule has 2 heterocycles. The molecule has 0 aliphatic heterocycles. The molecule has 2 unspecified atom stereocenters. The zero-order valence-electron chi connectivity index (χ0n) is 17.0. The SMILES string of the molecule is Cc1ccc(C(C)(O)C(F)(F)F)cc1-c1ccc2c(n1)n(C)c(=O)n2CC1CC1(F)F. The number of halogens is 5. The first-order valence-corrected chi connectivity index (χ1v) is 9.59. The maximum Gasteiger partial charge on any atom is 0.421 e. The van der Waals surface area contributed by atoms with E-state index in [-0.39, 0.29) is 24.2 Å². The maximum absolute atomic E-state index is 13.3. The third-order valence-electron chi connectivity index (χ3n) is 5.97. The average molecular weight is 441 g/mol. The second kappa shape index (κ2) is 6.62. The third kappa shape index (κ3) is 3.42. The largest absolute Gasteiger partial charge is 0.421 e. The summed E-state index contributed by atoms with van der Waals surface area (Å²) in [5.74, 6) is -3.68. The molecule has 0 spiro atoms. The van der Waals surface area contributed by atoms with E-state index < -0.39 is 29.3 Å². The molecule has 1 N–H and O–H groups in total. The van der Waals surface area contributed by atoms with Gasteiger partial charge in [0.2, 0.25) is 0 Å². The molecule has 1 fully saturated rings. The Morgan fingerprint density at radius 2 is 1.87 bits per heavy atom. The predicted octanol–water partition coefficient (Wildman–Crippen LogP) is 4.14. The molecule has 2 atom stereocenters. The average Bonchev–Trinajstić information content (AvgIpc) is 3.22. The van der Waals surface area contributed by atoms with Crippen molar-refractivity contribution in [1.82, 2.24) is 14.1 Å². The summed E-state index contributed by atoms with van der Waals surface area (Å²) in [7, 11) is 1.46. The fraction of sp³-hybridized carbons (Fsp3) is 0.429. The van der Waals surface area contributed by atoms with E-state index in [2.05, 4.69) is 4.98 Å². The first kappa shape index (κ1) is 21.5. The first-order valence-electron chi connectivity index (χ1n) is 9.59. The van der Waals surface area contributed by atoms with E-state index >= 15 is 0 Å². The number of alkyl halides is 5. The van der Waals surface area contributed by atoms with Crippen molar-refractivity contribution in [1.29, 1.82) is 0 Å². The molecule has 10 heteroatoms. The lowest BCUT2D eigenvalue weighted by Crippen LogP contribution is -2.39. The van der Waals surface area contributed by atoms with E-state index in [4.69, 9.17) is 0 Å². The highest BCUT2D eigenvalue weighted by molar-refractivity contribution is 5.77. The summed E-state index contributed by atoms with van der Waals surface area (Å²) in [6.07, 6.45) is -5.14. The van der Waals surface area contributed by atoms with Gasteiger partial charge in [-0.1, -0.05) is 12.1 Å². The highest BCUT2D eigenvalue weighted by Crippen LogP contribution is 2.49. The molecule has 4 rings (SSSR count). The minimum absolute atomic E-state index is 0.132. The Labute approximate surface area is 173 Å². The van der Waals surface area contributed by atoms with Gasteiger partial charge < -0.3 is 5.11 Å². The first-order chi connectivity index (χ1) is 14.2. The molecule has 1 aliphatic carbocycles. The number of aromatic nitrogens is 3. The number of pyridine rings is 1. The summed E-state index contributed by atoms with van der Waals surface area (Å²) in [5, 5.41) is 10.0. The molecule has 1 aliphatic rings. The van der Waals surface area contributed by atoms with Gasteiger partial charge in [0.25, 0.3) is 5.92 Å². The number of aliphatic hydroxyl groups is 1. The zero-order valence-corrected chi connectivity index (χ0v) is 17.0. The Bertz CT molecular complexity index is 1240. The molecule has 166 valence electrons. The quantitative estimate of drug-likeness (QED) is 0.620. The summed E-state index contributed by atoms with van der Waals surface area (Å²) < 4.78 is 68.9. The van der Waals surface area contributed by atoms with E-state index in [9.17, 15) is 31.9 Å². The number of fused-ring (bicyclic) bond motifs is 1. The number of benzene rings is 1. The number of hydrogen-bond acceptors (Lipinski definition) is 3. The molecule has 1 aromatic carbocycles. The molecule has 2 aromatic heterocycles. The smallest absolute Gasteiger partial charge is 0.376 e. The number of aryl methyl sites for hydroxylation is 2. The van der Waals surface area contributed by atoms with Crippen molar-refractivity contribution >= 4 is 11.2 Å². The Balaban J connectivity index is 1.80. The van der Waals surface area contributed by atoms with Crippen LogP contribution >= 0.6 is 0 Å². The highest BCUT2D eigenvalue weighted by Gasteiger charge is 2.57. The molecule has 1 saturated carbocycles. The second-order valence-corrected chi connectivity index (χ2v) is 8.25. The fourth-order valence-corrected chi connectivity index (χ4v) is 3.65. The molecule has 5 nitrogen and oxygen atoms in total. The Kier molecular flexibility index (Phi) is 4.59. The number of imidazole rings is 1. The maximum atomic E-state index is 13.3. The van der Waals surface area contributed by atoms with Crippen molar-refractivity contribution in [3.05, 3.63) is 51.9 Å². The Hall–Kier alpha value is -2.75. The highest BCUT2D eigenvalue weighted by atomic mass is 19.4. The van der Waals surface area contributed by atoms with Gasteiger partial charge in [-0.25, -0.2) is 18.6 Å². The summed E-state index contributed by atoms with van der Waals surface area (Å²) in [6.45, 7) is 2.23. The van der Waals surface area contributed by atoms with Gasteiger partial charge in [0.1, 0.15) is 0 Å². The lowest BCUT2D eigenvalue weighted by molar-refractivity contribution is -0.258. The van der Waals surface area contributed by atoms with E-state index in [0.29, 0.717) is 29.3 Å². The van der Waals surface area contributed by atoms with Crippen LogP contribution in [-0.2, 0) is 19.2 Å². The molecular weight excluding hydrogens is 421 g/mol. The summed E-state index contributed by atoms with van der Waals surface area (Å²) in [4.78, 5) is 17.0. The number of hydrogen-bond donors (Lipinski definition) is 1. The predicted molar refractivity (Wildman–Crippen MR) is 104 cm³/mol. The summed E-state index contributed by atoms with van der Waals surface area (Å²) in [6, 6.07) is 6.95. The van der Waals surface area contributed by atoms with E-state index in [0.717, 1.165) is 0 Å². The third-order valence-corrected chi connectivity index (χ3v) is 5.97. The van der Waals surface area contributed by atoms with Gasteiger partial charge in [0.05, 0.1) is 11.2 Å². The van der Waals surface area contributed by atoms with Crippen LogP contribution < -0.4 is 5.69 Å². The standard InChI is InChI=1S/C21H20F5N3O2/c1-11-4-5-12(19(2,31)21(24,25)26)8-14(11)15-6-7-16-17(27-15)28(3)18(30)29(16)10-13-9-20(13,22)23/h4-8,13,31H,9-10H2,1-3H3. The topological polar surface area (TPSA) is 60.1 Å². The molecule has 3 aromatic rings. The Morgan fingerprint density at radius 1 is 1.23 bits per heavy atom. The van der Waals surface area contributed by atoms with Crippen molar-refractivity contribution in [2.24, 2.45) is 13.0 Å². The zero-order chi connectivity index (χ0) is 22.9. The van der Waals surface area contributed by atoms with Crippen LogP contribution in [0.5, 0.6) is 0 Å². The van der Waals surface area contributed by atoms with Crippen LogP contribution in [0.1, 0.15) is 24.5 Å². The minimum Gasteiger partial charge on any atom is -0.376 e. The van der Waals surface area contributed by atoms with Crippen LogP contribution in [0.15, 0.2) is 35.1 Å². The number of rotatable bonds is 4. The van der Waals surface area contributed by atoms with Crippen LogP contribution in [0, 0.1) is 12.8 Å². The molecule has 0 saturated heterocycles. The van der Waals surface area contributed by atoms with Gasteiger partial charge in [-0.2, -0.15) is 13.2 Å². The van der Waals surface area contributed by atoms with Crippen LogP contribution in [0.4, 0.5) is 22.0 Å². The second-order valence-electron chi connectivity index (χ2n) is 8.25. The van der Waals surface area contributed by atoms with Gasteiger partial charge in [-0.3, -0.25) is 9.13 Å². The van der Waals surface area contributed by atoms with Crippen LogP contribution in [0.3, 0.4) is 0 Å². The van der Waals surface area contributed by atoms with Crippen molar-refractivity contribution < 1.29 is 27.1 Å². The van der Waals surface area contributed by atoms with Crippen LogP contribution in [0.25, 0.3) is 22.4 Å². The Morgan fingerprint density at radius 3 is 2.45 bits per heavy atom. The van der Waals surface area contributed by atoms with Gasteiger partial charge in [-0.15, -0.1) is 0 Å². The number of nitrogens with zero attached hydrogens (tertiary/aromatic N) is 3. The molecular formula is C21H20F5N3O2. The molecule has 31 heavy (non-hydrogen) atoms. The van der Waals surface area contributed by atoms with Gasteiger partial charge in [-0.05, 0) is 43.2 Å². The van der Waals surface area contributed by atoms with Crippen molar-refractivity contribution in [2.45, 2.75) is 44.5 Å². The van der Waals surface area contributed by atoms with Crippen molar-refractivity contribution in [3.63, 3.8) is 0 Å². The van der Waals surface area contributed by atoms with Crippen LogP contribution in [0.2, 0.25) is 0 Å². The molecule has 0 radical (unpaired) electrons. The van der Waals surface area contributed by atoms with Gasteiger partial charge in [0.15, 0.2) is 11.2 Å². The monoisotopic (exact) mass is 441 g/mol. The van der Waals surface area contributed by atoms with E-state index in [1.165, 1.54) is 40.4 Å². The van der Waals surface area contributed by atoms with E-state index in [1.807, 2.05) is 0 Å². The van der Waals surface area contributed by atoms with Crippen molar-refractivity contribution in [2.75, 3.05) is 0 Å². The lowest BCUT2D eigenvalue weighted by atomic mass is 9.91. The lowest BCUT2D eigenvalue weighted by Gasteiger charge is -2.27. The molecule has 0 bridgehead atoms. The summed E-state index contributed by atoms with van der Waals surface area (Å²) >= 11 is 0. The molecule has 0 amide bonds. The van der Waals surface area contributed by atoms with E-state index in [1.54, 1.807) is 13.0 Å². The normalized spacial score (nSPS) is 20.1. The van der Waals surface area contributed by atoms with Crippen LogP contribution in [-0.4, -0.2) is 31.3 Å². The van der Waals surface area contributed by atoms with Gasteiger partial charge in [0, 0.05) is 31.5 Å². The van der Waals surface area contributed by atoms with Crippen molar-refractivity contribution in [3.8, 4) is 11.3 Å².